The highest BCUT2D eigenvalue weighted by Crippen LogP contribution is 2.30. The zero-order valence-corrected chi connectivity index (χ0v) is 10.1. The molecule has 1 aromatic heterocycles. The van der Waals surface area contributed by atoms with Gasteiger partial charge in [0.15, 0.2) is 0 Å². The summed E-state index contributed by atoms with van der Waals surface area (Å²) in [5.74, 6) is 0.828. The molecular weight excluding hydrogens is 256 g/mol. The number of benzene rings is 1. The highest BCUT2D eigenvalue weighted by atomic mass is 79.9. The molecule has 1 heterocycles. The van der Waals surface area contributed by atoms with Crippen molar-refractivity contribution in [1.29, 1.82) is 0 Å². The van der Waals surface area contributed by atoms with E-state index in [1.165, 1.54) is 0 Å². The number of aromatic amines is 1. The number of nitrogens with one attached hydrogen (secondary N) is 1. The molecule has 0 saturated heterocycles. The van der Waals surface area contributed by atoms with Crippen molar-refractivity contribution < 1.29 is 4.74 Å². The van der Waals surface area contributed by atoms with Crippen LogP contribution in [-0.2, 0) is 0 Å². The second kappa shape index (κ2) is 4.06. The van der Waals surface area contributed by atoms with Gasteiger partial charge < -0.3 is 4.74 Å². The normalized spacial score (nSPS) is 10.3. The van der Waals surface area contributed by atoms with Gasteiger partial charge in [0.1, 0.15) is 5.75 Å². The summed E-state index contributed by atoms with van der Waals surface area (Å²) in [6.07, 6.45) is 0. The first-order valence-electron chi connectivity index (χ1n) is 4.56. The molecule has 0 unspecified atom stereocenters. The first-order valence-corrected chi connectivity index (χ1v) is 5.36. The molecule has 0 fully saturated rings. The minimum absolute atomic E-state index is 0.828. The molecule has 0 amide bonds. The summed E-state index contributed by atoms with van der Waals surface area (Å²) in [4.78, 5) is 0. The van der Waals surface area contributed by atoms with Crippen LogP contribution in [-0.4, -0.2) is 17.3 Å². The Hall–Kier alpha value is -1.29. The number of ether oxygens (including phenoxy) is 1. The fourth-order valence-electron chi connectivity index (χ4n) is 1.38. The Kier molecular flexibility index (Phi) is 2.77. The predicted octanol–water partition coefficient (Wildman–Crippen LogP) is 3.16. The van der Waals surface area contributed by atoms with Gasteiger partial charge in [0, 0.05) is 15.7 Å². The monoisotopic (exact) mass is 266 g/mol. The standard InChI is InChI=1S/C11H11BrN2O/c1-7-5-11(14-13-7)9-6-8(15-2)3-4-10(9)12/h3-6H,1-2H3,(H,13,14). The second-order valence-electron chi connectivity index (χ2n) is 3.28. The summed E-state index contributed by atoms with van der Waals surface area (Å²) < 4.78 is 6.19. The minimum atomic E-state index is 0.828. The number of hydrogen-bond acceptors (Lipinski definition) is 2. The van der Waals surface area contributed by atoms with Gasteiger partial charge in [-0.25, -0.2) is 0 Å². The van der Waals surface area contributed by atoms with E-state index in [2.05, 4.69) is 26.1 Å². The lowest BCUT2D eigenvalue weighted by Crippen LogP contribution is -1.85. The van der Waals surface area contributed by atoms with Gasteiger partial charge in [0.25, 0.3) is 0 Å². The topological polar surface area (TPSA) is 37.9 Å². The van der Waals surface area contributed by atoms with E-state index in [9.17, 15) is 0 Å². The maximum atomic E-state index is 5.18. The molecule has 0 spiro atoms. The third-order valence-corrected chi connectivity index (χ3v) is 2.85. The van der Waals surface area contributed by atoms with Gasteiger partial charge in [-0.2, -0.15) is 5.10 Å². The van der Waals surface area contributed by atoms with Gasteiger partial charge in [-0.15, -0.1) is 0 Å². The molecule has 2 aromatic rings. The molecule has 2 rings (SSSR count). The van der Waals surface area contributed by atoms with Crippen molar-refractivity contribution in [2.75, 3.05) is 7.11 Å². The summed E-state index contributed by atoms with van der Waals surface area (Å²) in [6, 6.07) is 7.82. The van der Waals surface area contributed by atoms with Crippen molar-refractivity contribution in [2.45, 2.75) is 6.92 Å². The van der Waals surface area contributed by atoms with Crippen molar-refractivity contribution in [3.8, 4) is 17.0 Å². The van der Waals surface area contributed by atoms with E-state index >= 15 is 0 Å². The van der Waals surface area contributed by atoms with Crippen LogP contribution in [0.5, 0.6) is 5.75 Å². The molecule has 0 saturated carbocycles. The zero-order valence-electron chi connectivity index (χ0n) is 8.54. The highest BCUT2D eigenvalue weighted by Gasteiger charge is 2.07. The van der Waals surface area contributed by atoms with E-state index in [0.717, 1.165) is 27.2 Å². The van der Waals surface area contributed by atoms with E-state index in [4.69, 9.17) is 4.74 Å². The van der Waals surface area contributed by atoms with Crippen molar-refractivity contribution in [3.63, 3.8) is 0 Å². The van der Waals surface area contributed by atoms with E-state index in [1.807, 2.05) is 31.2 Å². The molecule has 78 valence electrons. The average molecular weight is 267 g/mol. The molecule has 1 N–H and O–H groups in total. The Morgan fingerprint density at radius 2 is 2.13 bits per heavy atom. The Labute approximate surface area is 96.6 Å². The second-order valence-corrected chi connectivity index (χ2v) is 4.14. The maximum Gasteiger partial charge on any atom is 0.119 e. The van der Waals surface area contributed by atoms with Crippen LogP contribution in [0.25, 0.3) is 11.3 Å². The summed E-state index contributed by atoms with van der Waals surface area (Å²) in [6.45, 7) is 1.98. The Morgan fingerprint density at radius 3 is 2.73 bits per heavy atom. The number of hydrogen-bond donors (Lipinski definition) is 1. The number of halogens is 1. The van der Waals surface area contributed by atoms with Crippen LogP contribution in [0.15, 0.2) is 28.7 Å². The summed E-state index contributed by atoms with van der Waals surface area (Å²) in [5, 5.41) is 7.13. The third-order valence-electron chi connectivity index (χ3n) is 2.16. The minimum Gasteiger partial charge on any atom is -0.497 e. The Balaban J connectivity index is 2.51. The van der Waals surface area contributed by atoms with Crippen LogP contribution in [0, 0.1) is 6.92 Å². The van der Waals surface area contributed by atoms with Crippen molar-refractivity contribution >= 4 is 15.9 Å². The number of aryl methyl sites for hydroxylation is 1. The molecule has 0 aliphatic rings. The molecule has 0 bridgehead atoms. The van der Waals surface area contributed by atoms with Gasteiger partial charge in [-0.1, -0.05) is 15.9 Å². The Morgan fingerprint density at radius 1 is 1.33 bits per heavy atom. The van der Waals surface area contributed by atoms with Crippen LogP contribution in [0.4, 0.5) is 0 Å². The number of methoxy groups -OCH3 is 1. The van der Waals surface area contributed by atoms with Crippen molar-refractivity contribution in [1.82, 2.24) is 10.2 Å². The lowest BCUT2D eigenvalue weighted by Gasteiger charge is -2.04. The highest BCUT2D eigenvalue weighted by molar-refractivity contribution is 9.10. The van der Waals surface area contributed by atoms with E-state index < -0.39 is 0 Å². The number of rotatable bonds is 2. The van der Waals surface area contributed by atoms with Crippen molar-refractivity contribution in [3.05, 3.63) is 34.4 Å². The Bertz CT molecular complexity index is 479. The molecule has 3 nitrogen and oxygen atoms in total. The quantitative estimate of drug-likeness (QED) is 0.907. The maximum absolute atomic E-state index is 5.18. The van der Waals surface area contributed by atoms with Crippen LogP contribution in [0.2, 0.25) is 0 Å². The first kappa shape index (κ1) is 10.2. The molecule has 0 radical (unpaired) electrons. The van der Waals surface area contributed by atoms with Crippen molar-refractivity contribution in [2.24, 2.45) is 0 Å². The van der Waals surface area contributed by atoms with Crippen LogP contribution < -0.4 is 4.74 Å². The molecule has 0 aliphatic heterocycles. The smallest absolute Gasteiger partial charge is 0.119 e. The number of H-pyrrole nitrogens is 1. The first-order chi connectivity index (χ1) is 7.20. The van der Waals surface area contributed by atoms with Gasteiger partial charge in [-0.3, -0.25) is 5.10 Å². The number of nitrogens with zero attached hydrogens (tertiary/aromatic N) is 1. The predicted molar refractivity (Wildman–Crippen MR) is 63.0 cm³/mol. The fourth-order valence-corrected chi connectivity index (χ4v) is 1.83. The van der Waals surface area contributed by atoms with Gasteiger partial charge >= 0.3 is 0 Å². The lowest BCUT2D eigenvalue weighted by molar-refractivity contribution is 0.415. The molecular formula is C11H11BrN2O. The molecule has 1 aromatic carbocycles. The molecule has 15 heavy (non-hydrogen) atoms. The third kappa shape index (κ3) is 2.04. The van der Waals surface area contributed by atoms with Crippen LogP contribution >= 0.6 is 15.9 Å². The van der Waals surface area contributed by atoms with Gasteiger partial charge in [-0.05, 0) is 31.2 Å². The van der Waals surface area contributed by atoms with E-state index in [1.54, 1.807) is 7.11 Å². The van der Waals surface area contributed by atoms with Gasteiger partial charge in [0.2, 0.25) is 0 Å². The molecule has 0 aliphatic carbocycles. The van der Waals surface area contributed by atoms with E-state index in [0.29, 0.717) is 0 Å². The zero-order chi connectivity index (χ0) is 10.8. The van der Waals surface area contributed by atoms with Crippen LogP contribution in [0.3, 0.4) is 0 Å². The summed E-state index contributed by atoms with van der Waals surface area (Å²) >= 11 is 3.50. The summed E-state index contributed by atoms with van der Waals surface area (Å²) in [5.41, 5.74) is 2.98. The van der Waals surface area contributed by atoms with Gasteiger partial charge in [0.05, 0.1) is 12.8 Å². The molecule has 0 atom stereocenters. The average Bonchev–Trinajstić information content (AvgIpc) is 2.65. The van der Waals surface area contributed by atoms with E-state index in [-0.39, 0.29) is 0 Å². The lowest BCUT2D eigenvalue weighted by atomic mass is 10.1. The number of aromatic nitrogens is 2. The SMILES string of the molecule is COc1ccc(Br)c(-c2cc(C)[nH]n2)c1. The largest absolute Gasteiger partial charge is 0.497 e. The summed E-state index contributed by atoms with van der Waals surface area (Å²) in [7, 11) is 1.66. The fraction of sp³-hybridized carbons (Fsp3) is 0.182. The van der Waals surface area contributed by atoms with Crippen LogP contribution in [0.1, 0.15) is 5.69 Å². The molecule has 4 heteroatoms.